The second-order valence-corrected chi connectivity index (χ2v) is 2.84. The number of fused-ring (bicyclic) bond motifs is 1. The van der Waals surface area contributed by atoms with E-state index in [-0.39, 0.29) is 21.7 Å². The summed E-state index contributed by atoms with van der Waals surface area (Å²) in [5.41, 5.74) is 1.42. The van der Waals surface area contributed by atoms with Crippen molar-refractivity contribution in [2.75, 3.05) is 0 Å². The average Bonchev–Trinajstić information content (AvgIpc) is 2.50. The van der Waals surface area contributed by atoms with Crippen molar-refractivity contribution in [2.24, 2.45) is 0 Å². The van der Waals surface area contributed by atoms with Crippen molar-refractivity contribution < 1.29 is 21.7 Å². The van der Waals surface area contributed by atoms with Crippen molar-refractivity contribution in [3.63, 3.8) is 0 Å². The number of rotatable bonds is 1. The Hall–Kier alpha value is -0.456. The van der Waals surface area contributed by atoms with Gasteiger partial charge in [0.25, 0.3) is 0 Å². The second-order valence-electron chi connectivity index (χ2n) is 2.84. The van der Waals surface area contributed by atoms with Crippen LogP contribution in [0.15, 0.2) is 36.4 Å². The Labute approximate surface area is 87.8 Å². The molecule has 2 rings (SSSR count). The zero-order valence-electron chi connectivity index (χ0n) is 7.17. The van der Waals surface area contributed by atoms with Gasteiger partial charge in [-0.15, -0.1) is 29.7 Å². The van der Waals surface area contributed by atoms with Crippen LogP contribution >= 0.6 is 0 Å². The SMILES string of the molecule is CCc1ccc2[cH-]ccc2c1.[Ti+2]. The van der Waals surface area contributed by atoms with E-state index in [2.05, 4.69) is 43.3 Å². The first-order valence-corrected chi connectivity index (χ1v) is 4.04. The topological polar surface area (TPSA) is 0 Å². The molecule has 1 heteroatoms. The van der Waals surface area contributed by atoms with E-state index in [1.165, 1.54) is 16.3 Å². The van der Waals surface area contributed by atoms with E-state index in [1.807, 2.05) is 0 Å². The van der Waals surface area contributed by atoms with Gasteiger partial charge in [0.05, 0.1) is 0 Å². The molecule has 0 atom stereocenters. The van der Waals surface area contributed by atoms with E-state index < -0.39 is 0 Å². The van der Waals surface area contributed by atoms with Crippen LogP contribution < -0.4 is 0 Å². The quantitative estimate of drug-likeness (QED) is 0.479. The summed E-state index contributed by atoms with van der Waals surface area (Å²) >= 11 is 0. The van der Waals surface area contributed by atoms with Gasteiger partial charge in [-0.25, -0.2) is 0 Å². The molecule has 0 fully saturated rings. The van der Waals surface area contributed by atoms with Crippen molar-refractivity contribution in [1.82, 2.24) is 0 Å². The first-order valence-electron chi connectivity index (χ1n) is 4.04. The van der Waals surface area contributed by atoms with Gasteiger partial charge in [-0.2, -0.15) is 17.5 Å². The molecular formula is C11H11Ti+. The summed E-state index contributed by atoms with van der Waals surface area (Å²) in [5, 5.41) is 2.71. The molecule has 0 spiro atoms. The van der Waals surface area contributed by atoms with E-state index in [0.717, 1.165) is 6.42 Å². The molecule has 0 bridgehead atoms. The minimum absolute atomic E-state index is 0. The predicted molar refractivity (Wildman–Crippen MR) is 48.9 cm³/mol. The van der Waals surface area contributed by atoms with Crippen LogP contribution in [0.3, 0.4) is 0 Å². The van der Waals surface area contributed by atoms with Crippen LogP contribution in [0.2, 0.25) is 0 Å². The summed E-state index contributed by atoms with van der Waals surface area (Å²) < 4.78 is 0. The normalized spacial score (nSPS) is 9.75. The smallest absolute Gasteiger partial charge is 0.168 e. The molecule has 0 N–H and O–H groups in total. The Bertz CT molecular complexity index is 360. The van der Waals surface area contributed by atoms with Gasteiger partial charge >= 0.3 is 21.7 Å². The second kappa shape index (κ2) is 3.98. The molecule has 12 heavy (non-hydrogen) atoms. The summed E-state index contributed by atoms with van der Waals surface area (Å²) in [7, 11) is 0. The molecule has 0 saturated heterocycles. The van der Waals surface area contributed by atoms with Gasteiger partial charge in [0.15, 0.2) is 0 Å². The summed E-state index contributed by atoms with van der Waals surface area (Å²) in [5.74, 6) is 0. The van der Waals surface area contributed by atoms with Crippen LogP contribution in [0.1, 0.15) is 12.5 Å². The van der Waals surface area contributed by atoms with Crippen LogP contribution in [-0.4, -0.2) is 0 Å². The number of hydrogen-bond acceptors (Lipinski definition) is 0. The van der Waals surface area contributed by atoms with Crippen LogP contribution in [0.5, 0.6) is 0 Å². The van der Waals surface area contributed by atoms with Crippen molar-refractivity contribution >= 4 is 10.8 Å². The first kappa shape index (κ1) is 9.63. The Kier molecular flexibility index (Phi) is 3.19. The maximum Gasteiger partial charge on any atom is 2.00 e. The first-order chi connectivity index (χ1) is 5.40. The Morgan fingerprint density at radius 1 is 1.25 bits per heavy atom. The fraction of sp³-hybridized carbons (Fsp3) is 0.182. The van der Waals surface area contributed by atoms with Gasteiger partial charge < -0.3 is 0 Å². The van der Waals surface area contributed by atoms with Gasteiger partial charge in [0.1, 0.15) is 0 Å². The van der Waals surface area contributed by atoms with Crippen molar-refractivity contribution in [3.8, 4) is 0 Å². The maximum absolute atomic E-state index is 2.26. The average molecular weight is 191 g/mol. The van der Waals surface area contributed by atoms with Crippen molar-refractivity contribution in [3.05, 3.63) is 42.0 Å². The molecule has 0 heterocycles. The van der Waals surface area contributed by atoms with E-state index in [4.69, 9.17) is 0 Å². The molecule has 0 aliphatic rings. The number of hydrogen-bond donors (Lipinski definition) is 0. The molecule has 0 nitrogen and oxygen atoms in total. The Balaban J connectivity index is 0.000000720. The van der Waals surface area contributed by atoms with Crippen molar-refractivity contribution in [2.45, 2.75) is 13.3 Å². The zero-order valence-corrected chi connectivity index (χ0v) is 8.73. The zero-order chi connectivity index (χ0) is 7.68. The van der Waals surface area contributed by atoms with Crippen LogP contribution in [0.25, 0.3) is 10.8 Å². The third-order valence-electron chi connectivity index (χ3n) is 2.11. The molecule has 0 aliphatic carbocycles. The Morgan fingerprint density at radius 2 is 2.08 bits per heavy atom. The molecule has 58 valence electrons. The summed E-state index contributed by atoms with van der Waals surface area (Å²) in [6.07, 6.45) is 1.13. The molecule has 2 aromatic carbocycles. The standard InChI is InChI=1S/C11H11.Ti/c1-2-9-6-7-10-4-3-5-11(10)8-9;/h3-8H,2H2,1H3;/q-1;+2. The molecular weight excluding hydrogens is 180 g/mol. The summed E-state index contributed by atoms with van der Waals surface area (Å²) in [6.45, 7) is 2.18. The molecule has 0 aliphatic heterocycles. The van der Waals surface area contributed by atoms with Gasteiger partial charge in [-0.3, -0.25) is 0 Å². The van der Waals surface area contributed by atoms with Gasteiger partial charge in [0, 0.05) is 0 Å². The molecule has 0 amide bonds. The van der Waals surface area contributed by atoms with Crippen LogP contribution in [0.4, 0.5) is 0 Å². The largest absolute Gasteiger partial charge is 2.00 e. The monoisotopic (exact) mass is 191 g/mol. The van der Waals surface area contributed by atoms with Crippen LogP contribution in [0, 0.1) is 0 Å². The summed E-state index contributed by atoms with van der Waals surface area (Å²) in [6, 6.07) is 13.1. The van der Waals surface area contributed by atoms with Crippen LogP contribution in [-0.2, 0) is 28.1 Å². The maximum atomic E-state index is 2.26. The van der Waals surface area contributed by atoms with Gasteiger partial charge in [-0.1, -0.05) is 12.5 Å². The molecule has 0 unspecified atom stereocenters. The minimum Gasteiger partial charge on any atom is -0.168 e. The fourth-order valence-corrected chi connectivity index (χ4v) is 1.40. The van der Waals surface area contributed by atoms with Crippen molar-refractivity contribution in [1.29, 1.82) is 0 Å². The molecule has 0 radical (unpaired) electrons. The third kappa shape index (κ3) is 1.65. The third-order valence-corrected chi connectivity index (χ3v) is 2.11. The number of aryl methyl sites for hydroxylation is 1. The minimum atomic E-state index is 0. The predicted octanol–water partition coefficient (Wildman–Crippen LogP) is 3.12. The molecule has 2 aromatic rings. The molecule has 0 saturated carbocycles. The van der Waals surface area contributed by atoms with E-state index in [0.29, 0.717) is 0 Å². The van der Waals surface area contributed by atoms with E-state index in [1.54, 1.807) is 0 Å². The summed E-state index contributed by atoms with van der Waals surface area (Å²) in [4.78, 5) is 0. The Morgan fingerprint density at radius 3 is 2.83 bits per heavy atom. The van der Waals surface area contributed by atoms with E-state index >= 15 is 0 Å². The fourth-order valence-electron chi connectivity index (χ4n) is 1.40. The molecule has 0 aromatic heterocycles. The van der Waals surface area contributed by atoms with E-state index in [9.17, 15) is 0 Å². The number of benzene rings is 1. The van der Waals surface area contributed by atoms with Gasteiger partial charge in [0.2, 0.25) is 0 Å². The van der Waals surface area contributed by atoms with Gasteiger partial charge in [-0.05, 0) is 6.42 Å².